The van der Waals surface area contributed by atoms with Gasteiger partial charge in [0.15, 0.2) is 0 Å². The lowest BCUT2D eigenvalue weighted by atomic mass is 10.2. The van der Waals surface area contributed by atoms with Crippen molar-refractivity contribution in [2.75, 3.05) is 26.2 Å². The molecule has 0 radical (unpaired) electrons. The van der Waals surface area contributed by atoms with Crippen molar-refractivity contribution in [3.8, 4) is 0 Å². The van der Waals surface area contributed by atoms with E-state index in [1.165, 1.54) is 15.2 Å². The van der Waals surface area contributed by atoms with Crippen LogP contribution < -0.4 is 0 Å². The predicted molar refractivity (Wildman–Crippen MR) is 79.8 cm³/mol. The van der Waals surface area contributed by atoms with E-state index >= 15 is 0 Å². The molecule has 1 fully saturated rings. The Balaban J connectivity index is 2.05. The first-order chi connectivity index (χ1) is 9.75. The lowest BCUT2D eigenvalue weighted by Crippen LogP contribution is -2.51. The molecule has 118 valence electrons. The number of carbonyl (C=O) groups excluding carboxylic acids is 1. The van der Waals surface area contributed by atoms with E-state index in [1.807, 2.05) is 0 Å². The minimum atomic E-state index is -3.26. The first-order valence-electron chi connectivity index (χ1n) is 6.71. The number of hydrogen-bond acceptors (Lipinski definition) is 4. The molecule has 0 aliphatic carbocycles. The Labute approximate surface area is 129 Å². The number of halogens is 1. The molecule has 1 aromatic heterocycles. The highest BCUT2D eigenvalue weighted by Gasteiger charge is 2.31. The maximum Gasteiger partial charge on any atom is 0.258 e. The zero-order valence-corrected chi connectivity index (χ0v) is 13.9. The van der Waals surface area contributed by atoms with Gasteiger partial charge in [0, 0.05) is 33.2 Å². The lowest BCUT2D eigenvalue weighted by Gasteiger charge is -2.34. The van der Waals surface area contributed by atoms with E-state index in [-0.39, 0.29) is 11.1 Å². The summed E-state index contributed by atoms with van der Waals surface area (Å²) in [5.41, 5.74) is 0.347. The van der Waals surface area contributed by atoms with Crippen LogP contribution in [0.2, 0.25) is 5.15 Å². The van der Waals surface area contributed by atoms with Crippen molar-refractivity contribution >= 4 is 27.5 Å². The first-order valence-corrected chi connectivity index (χ1v) is 8.59. The Morgan fingerprint density at radius 3 is 2.29 bits per heavy atom. The molecule has 0 unspecified atom stereocenters. The number of carbonyl (C=O) groups is 1. The molecule has 1 amide bonds. The van der Waals surface area contributed by atoms with Crippen LogP contribution in [0.4, 0.5) is 0 Å². The number of rotatable bonds is 3. The Morgan fingerprint density at radius 2 is 1.86 bits per heavy atom. The molecule has 21 heavy (non-hydrogen) atoms. The second kappa shape index (κ2) is 5.94. The summed E-state index contributed by atoms with van der Waals surface area (Å²) in [7, 11) is -1.61. The zero-order valence-electron chi connectivity index (χ0n) is 12.3. The van der Waals surface area contributed by atoms with Crippen molar-refractivity contribution in [3.63, 3.8) is 0 Å². The van der Waals surface area contributed by atoms with Crippen molar-refractivity contribution in [1.82, 2.24) is 19.0 Å². The van der Waals surface area contributed by atoms with Gasteiger partial charge in [-0.3, -0.25) is 9.48 Å². The maximum atomic E-state index is 12.3. The molecule has 1 saturated heterocycles. The third-order valence-electron chi connectivity index (χ3n) is 3.58. The van der Waals surface area contributed by atoms with E-state index in [9.17, 15) is 13.2 Å². The standard InChI is InChI=1S/C12H19ClN4O3S/c1-9(2)21(19,20)17-6-4-16(5-7-17)12(18)10-8-14-15(3)11(10)13/h8-9H,4-7H2,1-3H3. The Bertz CT molecular complexity index is 633. The van der Waals surface area contributed by atoms with Gasteiger partial charge >= 0.3 is 0 Å². The molecule has 7 nitrogen and oxygen atoms in total. The van der Waals surface area contributed by atoms with E-state index in [0.717, 1.165) is 0 Å². The molecule has 0 spiro atoms. The molecule has 2 rings (SSSR count). The number of aromatic nitrogens is 2. The fraction of sp³-hybridized carbons (Fsp3) is 0.667. The highest BCUT2D eigenvalue weighted by molar-refractivity contribution is 7.89. The van der Waals surface area contributed by atoms with Gasteiger partial charge in [-0.15, -0.1) is 0 Å². The Hall–Kier alpha value is -1.12. The third-order valence-corrected chi connectivity index (χ3v) is 6.30. The van der Waals surface area contributed by atoms with Gasteiger partial charge in [0.1, 0.15) is 5.15 Å². The number of sulfonamides is 1. The maximum absolute atomic E-state index is 12.3. The summed E-state index contributed by atoms with van der Waals surface area (Å²) in [6.45, 7) is 4.64. The summed E-state index contributed by atoms with van der Waals surface area (Å²) in [6.07, 6.45) is 1.43. The number of hydrogen-bond donors (Lipinski definition) is 0. The van der Waals surface area contributed by atoms with Gasteiger partial charge < -0.3 is 4.90 Å². The van der Waals surface area contributed by atoms with Crippen molar-refractivity contribution < 1.29 is 13.2 Å². The van der Waals surface area contributed by atoms with E-state index in [1.54, 1.807) is 25.8 Å². The number of aryl methyl sites for hydroxylation is 1. The van der Waals surface area contributed by atoms with E-state index < -0.39 is 15.3 Å². The zero-order chi connectivity index (χ0) is 15.8. The second-order valence-corrected chi connectivity index (χ2v) is 8.10. The van der Waals surface area contributed by atoms with E-state index in [4.69, 9.17) is 11.6 Å². The van der Waals surface area contributed by atoms with E-state index in [0.29, 0.717) is 31.7 Å². The van der Waals surface area contributed by atoms with Crippen LogP contribution in [0.15, 0.2) is 6.20 Å². The molecule has 0 aromatic carbocycles. The third kappa shape index (κ3) is 3.07. The smallest absolute Gasteiger partial charge is 0.258 e. The largest absolute Gasteiger partial charge is 0.336 e. The minimum absolute atomic E-state index is 0.213. The van der Waals surface area contributed by atoms with E-state index in [2.05, 4.69) is 5.10 Å². The molecule has 1 aliphatic heterocycles. The van der Waals surface area contributed by atoms with Crippen LogP contribution in [-0.4, -0.2) is 64.7 Å². The van der Waals surface area contributed by atoms with Crippen LogP contribution in [0.5, 0.6) is 0 Å². The Morgan fingerprint density at radius 1 is 1.29 bits per heavy atom. The fourth-order valence-electron chi connectivity index (χ4n) is 2.18. The molecule has 2 heterocycles. The van der Waals surface area contributed by atoms with Crippen molar-refractivity contribution in [3.05, 3.63) is 16.9 Å². The quantitative estimate of drug-likeness (QED) is 0.810. The minimum Gasteiger partial charge on any atom is -0.336 e. The highest BCUT2D eigenvalue weighted by atomic mass is 35.5. The monoisotopic (exact) mass is 334 g/mol. The summed E-state index contributed by atoms with van der Waals surface area (Å²) >= 11 is 6.01. The van der Waals surface area contributed by atoms with Crippen LogP contribution in [0.25, 0.3) is 0 Å². The normalized spacial score (nSPS) is 17.5. The molecule has 0 N–H and O–H groups in total. The first kappa shape index (κ1) is 16.3. The van der Waals surface area contributed by atoms with Crippen LogP contribution >= 0.6 is 11.6 Å². The second-order valence-electron chi connectivity index (χ2n) is 5.26. The number of amides is 1. The summed E-state index contributed by atoms with van der Waals surface area (Å²) < 4.78 is 27.0. The summed E-state index contributed by atoms with van der Waals surface area (Å²) in [5.74, 6) is -0.213. The van der Waals surface area contributed by atoms with Crippen molar-refractivity contribution in [1.29, 1.82) is 0 Å². The van der Waals surface area contributed by atoms with Gasteiger partial charge in [-0.2, -0.15) is 9.40 Å². The molecule has 0 bridgehead atoms. The number of piperazine rings is 1. The summed E-state index contributed by atoms with van der Waals surface area (Å²) in [5, 5.41) is 3.78. The fourth-order valence-corrected chi connectivity index (χ4v) is 3.62. The van der Waals surface area contributed by atoms with Gasteiger partial charge in [0.05, 0.1) is 17.0 Å². The van der Waals surface area contributed by atoms with Crippen molar-refractivity contribution in [2.24, 2.45) is 7.05 Å². The molecule has 1 aromatic rings. The Kier molecular flexibility index (Phi) is 4.60. The van der Waals surface area contributed by atoms with Crippen LogP contribution in [0.1, 0.15) is 24.2 Å². The lowest BCUT2D eigenvalue weighted by molar-refractivity contribution is 0.0697. The summed E-state index contributed by atoms with van der Waals surface area (Å²) in [4.78, 5) is 14.0. The van der Waals surface area contributed by atoms with Gasteiger partial charge in [-0.25, -0.2) is 8.42 Å². The molecule has 1 aliphatic rings. The number of nitrogens with zero attached hydrogens (tertiary/aromatic N) is 4. The predicted octanol–water partition coefficient (Wildman–Crippen LogP) is 0.570. The van der Waals surface area contributed by atoms with Crippen LogP contribution in [0, 0.1) is 0 Å². The van der Waals surface area contributed by atoms with Gasteiger partial charge in [-0.1, -0.05) is 11.6 Å². The molecular formula is C12H19ClN4O3S. The topological polar surface area (TPSA) is 75.5 Å². The molecule has 0 atom stereocenters. The van der Waals surface area contributed by atoms with Crippen molar-refractivity contribution in [2.45, 2.75) is 19.1 Å². The van der Waals surface area contributed by atoms with Gasteiger partial charge in [0.25, 0.3) is 5.91 Å². The summed E-state index contributed by atoms with van der Waals surface area (Å²) in [6, 6.07) is 0. The highest BCUT2D eigenvalue weighted by Crippen LogP contribution is 2.18. The van der Waals surface area contributed by atoms with Crippen LogP contribution in [0.3, 0.4) is 0 Å². The van der Waals surface area contributed by atoms with Crippen LogP contribution in [-0.2, 0) is 17.1 Å². The SMILES string of the molecule is CC(C)S(=O)(=O)N1CCN(C(=O)c2cnn(C)c2Cl)CC1. The molecule has 0 saturated carbocycles. The average Bonchev–Trinajstić information content (AvgIpc) is 2.78. The molecule has 9 heteroatoms. The van der Waals surface area contributed by atoms with Gasteiger partial charge in [-0.05, 0) is 13.8 Å². The molecular weight excluding hydrogens is 316 g/mol. The van der Waals surface area contributed by atoms with Gasteiger partial charge in [0.2, 0.25) is 10.0 Å². The average molecular weight is 335 g/mol.